The summed E-state index contributed by atoms with van der Waals surface area (Å²) in [6.45, 7) is 5.26. The number of aliphatic hydroxyl groups excluding tert-OH is 1. The molecule has 2 aromatic rings. The second kappa shape index (κ2) is 19.4. The molecule has 2 N–H and O–H groups in total. The minimum atomic E-state index is -1.65. The van der Waals surface area contributed by atoms with E-state index in [0.29, 0.717) is 0 Å². The van der Waals surface area contributed by atoms with Gasteiger partial charge in [-0.15, -0.1) is 0 Å². The van der Waals surface area contributed by atoms with Gasteiger partial charge < -0.3 is 53.1 Å². The van der Waals surface area contributed by atoms with Gasteiger partial charge in [-0.2, -0.15) is 0 Å². The predicted octanol–water partition coefficient (Wildman–Crippen LogP) is 1.48. The summed E-state index contributed by atoms with van der Waals surface area (Å²) in [6, 6.07) is 17.3. The topological polar surface area (TPSA) is 201 Å². The molecule has 1 amide bonds. The summed E-state index contributed by atoms with van der Waals surface area (Å²) >= 11 is 0. The van der Waals surface area contributed by atoms with Crippen LogP contribution in [0.25, 0.3) is 0 Å². The van der Waals surface area contributed by atoms with Gasteiger partial charge in [0.15, 0.2) is 30.9 Å². The molecule has 4 rings (SSSR count). The van der Waals surface area contributed by atoms with Crippen molar-refractivity contribution in [2.45, 2.75) is 109 Å². The van der Waals surface area contributed by atoms with Crippen molar-refractivity contribution >= 4 is 29.8 Å². The van der Waals surface area contributed by atoms with Crippen molar-refractivity contribution in [2.24, 2.45) is 0 Å². The molecule has 2 heterocycles. The van der Waals surface area contributed by atoms with Gasteiger partial charge in [0.2, 0.25) is 5.91 Å². The van der Waals surface area contributed by atoms with Crippen molar-refractivity contribution in [1.82, 2.24) is 5.32 Å². The summed E-state index contributed by atoms with van der Waals surface area (Å²) < 4.78 is 52.6. The molecular formula is C36H45NO15. The Kier molecular flexibility index (Phi) is 15.0. The number of amides is 1. The van der Waals surface area contributed by atoms with Crippen LogP contribution in [0, 0.1) is 0 Å². The molecule has 10 atom stereocenters. The first-order valence-electron chi connectivity index (χ1n) is 16.7. The zero-order valence-corrected chi connectivity index (χ0v) is 29.5. The average molecular weight is 732 g/mol. The van der Waals surface area contributed by atoms with Gasteiger partial charge in [0.05, 0.1) is 19.8 Å². The Labute approximate surface area is 300 Å². The molecule has 0 spiro atoms. The molecule has 2 aromatic carbocycles. The van der Waals surface area contributed by atoms with Crippen molar-refractivity contribution in [2.75, 3.05) is 13.2 Å². The highest BCUT2D eigenvalue weighted by Crippen LogP contribution is 2.34. The Hall–Kier alpha value is -4.45. The van der Waals surface area contributed by atoms with Crippen molar-refractivity contribution in [1.29, 1.82) is 0 Å². The highest BCUT2D eigenvalue weighted by Gasteiger charge is 2.56. The molecule has 16 nitrogen and oxygen atoms in total. The maximum atomic E-state index is 12.4. The lowest BCUT2D eigenvalue weighted by molar-refractivity contribution is -0.351. The monoisotopic (exact) mass is 731 g/mol. The summed E-state index contributed by atoms with van der Waals surface area (Å²) in [7, 11) is 0. The van der Waals surface area contributed by atoms with Crippen LogP contribution in [0.4, 0.5) is 0 Å². The third kappa shape index (κ3) is 11.8. The highest BCUT2D eigenvalue weighted by atomic mass is 16.8. The second-order valence-electron chi connectivity index (χ2n) is 12.2. The number of carbonyl (C=O) groups is 5. The molecule has 0 bridgehead atoms. The van der Waals surface area contributed by atoms with Crippen molar-refractivity contribution in [3.8, 4) is 0 Å². The zero-order chi connectivity index (χ0) is 37.8. The van der Waals surface area contributed by atoms with E-state index in [1.54, 1.807) is 0 Å². The predicted molar refractivity (Wildman–Crippen MR) is 176 cm³/mol. The minimum Gasteiger partial charge on any atom is -0.463 e. The van der Waals surface area contributed by atoms with Crippen LogP contribution >= 0.6 is 0 Å². The SMILES string of the molecule is CC(=O)N[C@@H]1[C@H](OCc2ccccc2)O[C@H](COCc2ccccc2)[C@@H](O[C@H]2O[C@@H](COC(C)=O)[C@H](OC(C)=O)[C@@H](OC(C)=O)[C@@H]2OC(C)=O)[C@@H]1O. The average Bonchev–Trinajstić information content (AvgIpc) is 3.08. The van der Waals surface area contributed by atoms with E-state index >= 15 is 0 Å². The molecule has 284 valence electrons. The van der Waals surface area contributed by atoms with E-state index in [1.807, 2.05) is 60.7 Å². The van der Waals surface area contributed by atoms with Crippen LogP contribution in [0.1, 0.15) is 45.7 Å². The van der Waals surface area contributed by atoms with Crippen LogP contribution in [-0.2, 0) is 79.8 Å². The van der Waals surface area contributed by atoms with Crippen molar-refractivity contribution in [3.63, 3.8) is 0 Å². The van der Waals surface area contributed by atoms with E-state index in [2.05, 4.69) is 5.32 Å². The molecule has 0 aromatic heterocycles. The Morgan fingerprint density at radius 3 is 1.71 bits per heavy atom. The molecule has 16 heteroatoms. The molecule has 2 aliphatic rings. The van der Waals surface area contributed by atoms with Crippen molar-refractivity contribution < 1.29 is 71.7 Å². The van der Waals surface area contributed by atoms with Crippen LogP contribution in [-0.4, -0.2) is 109 Å². The van der Waals surface area contributed by atoms with Gasteiger partial charge in [-0.3, -0.25) is 24.0 Å². The summed E-state index contributed by atoms with van der Waals surface area (Å²) in [5, 5.41) is 14.6. The van der Waals surface area contributed by atoms with Gasteiger partial charge in [-0.05, 0) is 11.1 Å². The molecule has 0 saturated carbocycles. The molecule has 2 fully saturated rings. The number of benzene rings is 2. The largest absolute Gasteiger partial charge is 0.463 e. The van der Waals surface area contributed by atoms with Gasteiger partial charge in [-0.25, -0.2) is 0 Å². The fourth-order valence-corrected chi connectivity index (χ4v) is 5.83. The number of carbonyl (C=O) groups excluding carboxylic acids is 5. The number of ether oxygens (including phenoxy) is 9. The van der Waals surface area contributed by atoms with E-state index in [9.17, 15) is 29.1 Å². The molecule has 0 unspecified atom stereocenters. The third-order valence-electron chi connectivity index (χ3n) is 7.93. The van der Waals surface area contributed by atoms with Crippen molar-refractivity contribution in [3.05, 3.63) is 71.8 Å². The highest BCUT2D eigenvalue weighted by molar-refractivity contribution is 5.73. The molecule has 2 aliphatic heterocycles. The number of aliphatic hydroxyl groups is 1. The Morgan fingerprint density at radius 2 is 1.15 bits per heavy atom. The molecule has 0 aliphatic carbocycles. The lowest BCUT2D eigenvalue weighted by atomic mass is 9.95. The molecule has 0 radical (unpaired) electrons. The van der Waals surface area contributed by atoms with Crippen LogP contribution in [0.3, 0.4) is 0 Å². The van der Waals surface area contributed by atoms with Crippen LogP contribution < -0.4 is 5.32 Å². The number of esters is 4. The molecular weight excluding hydrogens is 686 g/mol. The second-order valence-corrected chi connectivity index (χ2v) is 12.2. The summed E-state index contributed by atoms with van der Waals surface area (Å²) in [4.78, 5) is 61.1. The lowest BCUT2D eigenvalue weighted by Gasteiger charge is -2.48. The van der Waals surface area contributed by atoms with E-state index in [-0.39, 0.29) is 19.8 Å². The van der Waals surface area contributed by atoms with Gasteiger partial charge in [0.25, 0.3) is 0 Å². The fourth-order valence-electron chi connectivity index (χ4n) is 5.83. The number of nitrogens with one attached hydrogen (secondary N) is 1. The van der Waals surface area contributed by atoms with Crippen LogP contribution in [0.2, 0.25) is 0 Å². The smallest absolute Gasteiger partial charge is 0.303 e. The fraction of sp³-hybridized carbons (Fsp3) is 0.528. The van der Waals surface area contributed by atoms with E-state index in [1.165, 1.54) is 6.92 Å². The first kappa shape index (κ1) is 40.3. The van der Waals surface area contributed by atoms with E-state index in [0.717, 1.165) is 38.8 Å². The normalized spacial score (nSPS) is 28.6. The Bertz CT molecular complexity index is 1490. The Morgan fingerprint density at radius 1 is 0.635 bits per heavy atom. The van der Waals surface area contributed by atoms with Crippen LogP contribution in [0.15, 0.2) is 60.7 Å². The number of hydrogen-bond acceptors (Lipinski definition) is 15. The van der Waals surface area contributed by atoms with Gasteiger partial charge in [-0.1, -0.05) is 60.7 Å². The summed E-state index contributed by atoms with van der Waals surface area (Å²) in [5.41, 5.74) is 1.65. The first-order valence-corrected chi connectivity index (χ1v) is 16.7. The number of hydrogen-bond donors (Lipinski definition) is 2. The first-order chi connectivity index (χ1) is 24.8. The quantitative estimate of drug-likeness (QED) is 0.197. The summed E-state index contributed by atoms with van der Waals surface area (Å²) in [6.07, 6.45) is -12.7. The van der Waals surface area contributed by atoms with Gasteiger partial charge in [0.1, 0.15) is 37.1 Å². The Balaban J connectivity index is 1.70. The lowest BCUT2D eigenvalue weighted by Crippen LogP contribution is -2.68. The van der Waals surface area contributed by atoms with E-state index in [4.69, 9.17) is 42.6 Å². The zero-order valence-electron chi connectivity index (χ0n) is 29.5. The molecule has 52 heavy (non-hydrogen) atoms. The number of rotatable bonds is 15. The maximum Gasteiger partial charge on any atom is 0.303 e. The van der Waals surface area contributed by atoms with Gasteiger partial charge >= 0.3 is 23.9 Å². The standard InChI is InChI=1S/C36H45NO15/c1-20(38)37-29-30(43)31(27(18-44-16-25-12-8-6-9-13-25)50-35(29)46-17-26-14-10-7-11-15-26)52-36-34(49-24(5)42)33(48-23(4)41)32(47-22(3)40)28(51-36)19-45-21(2)39/h6-15,27-36,43H,16-19H2,1-5H3,(H,37,38)/t27-,28+,29+,30-,31-,32+,33-,34+,35-,36-/m1/s1. The van der Waals surface area contributed by atoms with Gasteiger partial charge in [0, 0.05) is 34.6 Å². The summed E-state index contributed by atoms with van der Waals surface area (Å²) in [5.74, 6) is -3.67. The third-order valence-corrected chi connectivity index (χ3v) is 7.93. The van der Waals surface area contributed by atoms with E-state index < -0.39 is 97.7 Å². The molecule has 2 saturated heterocycles. The maximum absolute atomic E-state index is 12.4. The minimum absolute atomic E-state index is 0.0666. The van der Waals surface area contributed by atoms with Crippen LogP contribution in [0.5, 0.6) is 0 Å².